The van der Waals surface area contributed by atoms with Gasteiger partial charge in [0, 0.05) is 31.5 Å². The number of primary amides is 1. The van der Waals surface area contributed by atoms with Crippen molar-refractivity contribution in [2.75, 3.05) is 36.7 Å². The lowest BCUT2D eigenvalue weighted by atomic mass is 9.94. The van der Waals surface area contributed by atoms with Gasteiger partial charge >= 0.3 is 0 Å². The van der Waals surface area contributed by atoms with Crippen molar-refractivity contribution >= 4 is 46.3 Å². The fourth-order valence-corrected chi connectivity index (χ4v) is 5.51. The summed E-state index contributed by atoms with van der Waals surface area (Å²) in [5.74, 6) is -1.10. The van der Waals surface area contributed by atoms with Crippen molar-refractivity contribution in [1.82, 2.24) is 9.69 Å². The maximum Gasteiger partial charge on any atom is 0.273 e. The third kappa shape index (κ3) is 6.14. The number of hydrogen-bond acceptors (Lipinski definition) is 8. The molecular formula is C28H34N6O4S. The largest absolute Gasteiger partial charge is 0.497 e. The summed E-state index contributed by atoms with van der Waals surface area (Å²) in [4.78, 5) is 43.4. The number of methoxy groups -OCH3 is 1. The van der Waals surface area contributed by atoms with E-state index < -0.39 is 17.9 Å². The minimum absolute atomic E-state index is 0.0255. The molecule has 11 heteroatoms. The minimum Gasteiger partial charge on any atom is -0.497 e. The number of hydrogen-bond donors (Lipinski definition) is 3. The number of carbonyl (C=O) groups is 3. The Morgan fingerprint density at radius 1 is 1.00 bits per heavy atom. The molecular weight excluding hydrogens is 516 g/mol. The summed E-state index contributed by atoms with van der Waals surface area (Å²) in [5, 5.41) is 3.19. The predicted molar refractivity (Wildman–Crippen MR) is 153 cm³/mol. The number of benzene rings is 2. The summed E-state index contributed by atoms with van der Waals surface area (Å²) < 4.78 is 9.31. The van der Waals surface area contributed by atoms with Gasteiger partial charge < -0.3 is 26.4 Å². The van der Waals surface area contributed by atoms with E-state index in [0.29, 0.717) is 17.0 Å². The molecule has 2 aromatic carbocycles. The number of nitrogen functional groups attached to an aromatic ring is 1. The number of carbonyl (C=O) groups excluding carboxylic acids is 3. The van der Waals surface area contributed by atoms with Gasteiger partial charge in [-0.1, -0.05) is 31.4 Å². The summed E-state index contributed by atoms with van der Waals surface area (Å²) in [6, 6.07) is 13.3. The van der Waals surface area contributed by atoms with Gasteiger partial charge in [-0.2, -0.15) is 4.37 Å². The number of nitrogens with two attached hydrogens (primary N) is 2. The molecule has 3 aromatic rings. The van der Waals surface area contributed by atoms with Gasteiger partial charge in [0.1, 0.15) is 16.7 Å². The minimum atomic E-state index is -1.03. The summed E-state index contributed by atoms with van der Waals surface area (Å²) in [6.45, 7) is 0. The number of nitrogens with one attached hydrogen (secondary N) is 1. The fourth-order valence-electron chi connectivity index (χ4n) is 4.76. The standard InChI is InChI=1S/C28H34N6O4S/c1-33(2)19-11-9-17(10-12-19)24(27(36)31-18-7-5-4-6-8-18)34(20-13-15-21(38-3)16-14-20)28(37)25-22(29)23(26(30)35)32-39-25/h9-16,18,24H,4-8,29H2,1-3H3,(H2,30,35)(H,31,36). The first-order valence-corrected chi connectivity index (χ1v) is 13.6. The van der Waals surface area contributed by atoms with E-state index in [1.807, 2.05) is 43.3 Å². The first kappa shape index (κ1) is 27.9. The quantitative estimate of drug-likeness (QED) is 0.368. The van der Waals surface area contributed by atoms with Gasteiger partial charge in [0.15, 0.2) is 5.69 Å². The number of ether oxygens (including phenoxy) is 1. The molecule has 0 spiro atoms. The molecule has 1 atom stereocenters. The molecule has 1 aromatic heterocycles. The molecule has 3 amide bonds. The third-order valence-corrected chi connectivity index (χ3v) is 7.76. The first-order chi connectivity index (χ1) is 18.7. The molecule has 1 aliphatic carbocycles. The van der Waals surface area contributed by atoms with Gasteiger partial charge in [-0.15, -0.1) is 0 Å². The van der Waals surface area contributed by atoms with E-state index in [9.17, 15) is 14.4 Å². The van der Waals surface area contributed by atoms with Crippen LogP contribution in [-0.2, 0) is 4.79 Å². The lowest BCUT2D eigenvalue weighted by molar-refractivity contribution is -0.123. The van der Waals surface area contributed by atoms with Crippen molar-refractivity contribution in [2.24, 2.45) is 5.73 Å². The average molecular weight is 551 g/mol. The van der Waals surface area contributed by atoms with Crippen LogP contribution in [0.1, 0.15) is 63.9 Å². The third-order valence-electron chi connectivity index (χ3n) is 6.91. The molecule has 1 unspecified atom stereocenters. The molecule has 1 heterocycles. The number of rotatable bonds is 9. The Hall–Kier alpha value is -4.12. The van der Waals surface area contributed by atoms with Gasteiger partial charge in [0.2, 0.25) is 5.91 Å². The molecule has 5 N–H and O–H groups in total. The van der Waals surface area contributed by atoms with Crippen molar-refractivity contribution < 1.29 is 19.1 Å². The van der Waals surface area contributed by atoms with Crippen LogP contribution in [0.25, 0.3) is 0 Å². The molecule has 4 rings (SSSR count). The molecule has 0 aliphatic heterocycles. The topological polar surface area (TPSA) is 144 Å². The zero-order valence-electron chi connectivity index (χ0n) is 22.3. The molecule has 206 valence electrons. The number of amides is 3. The van der Waals surface area contributed by atoms with E-state index in [1.165, 1.54) is 4.90 Å². The van der Waals surface area contributed by atoms with Gasteiger partial charge in [-0.25, -0.2) is 0 Å². The molecule has 1 saturated carbocycles. The van der Waals surface area contributed by atoms with E-state index in [2.05, 4.69) is 9.69 Å². The Balaban J connectivity index is 1.84. The maximum atomic E-state index is 14.2. The van der Waals surface area contributed by atoms with Crippen LogP contribution in [0.4, 0.5) is 17.1 Å². The zero-order chi connectivity index (χ0) is 28.1. The molecule has 0 bridgehead atoms. The highest BCUT2D eigenvalue weighted by Gasteiger charge is 2.37. The van der Waals surface area contributed by atoms with Crippen molar-refractivity contribution in [3.05, 3.63) is 64.7 Å². The van der Waals surface area contributed by atoms with Crippen LogP contribution in [0.15, 0.2) is 48.5 Å². The van der Waals surface area contributed by atoms with Gasteiger partial charge in [0.05, 0.1) is 12.8 Å². The van der Waals surface area contributed by atoms with Crippen molar-refractivity contribution in [1.29, 1.82) is 0 Å². The second-order valence-corrected chi connectivity index (χ2v) is 10.5. The molecule has 1 aliphatic rings. The van der Waals surface area contributed by atoms with E-state index in [0.717, 1.165) is 49.3 Å². The highest BCUT2D eigenvalue weighted by molar-refractivity contribution is 7.09. The summed E-state index contributed by atoms with van der Waals surface area (Å²) >= 11 is 0.779. The average Bonchev–Trinajstić information content (AvgIpc) is 3.33. The van der Waals surface area contributed by atoms with Crippen LogP contribution in [0, 0.1) is 0 Å². The van der Waals surface area contributed by atoms with Crippen molar-refractivity contribution in [3.63, 3.8) is 0 Å². The van der Waals surface area contributed by atoms with E-state index >= 15 is 0 Å². The van der Waals surface area contributed by atoms with Crippen LogP contribution in [0.5, 0.6) is 5.75 Å². The molecule has 0 radical (unpaired) electrons. The number of anilines is 3. The van der Waals surface area contributed by atoms with Crippen LogP contribution < -0.4 is 31.3 Å². The summed E-state index contributed by atoms with van der Waals surface area (Å²) in [6.07, 6.45) is 5.00. The van der Waals surface area contributed by atoms with Crippen LogP contribution in [0.3, 0.4) is 0 Å². The summed E-state index contributed by atoms with van der Waals surface area (Å²) in [7, 11) is 5.41. The maximum absolute atomic E-state index is 14.2. The van der Waals surface area contributed by atoms with Gasteiger partial charge in [-0.3, -0.25) is 19.3 Å². The Morgan fingerprint density at radius 3 is 2.15 bits per heavy atom. The smallest absolute Gasteiger partial charge is 0.273 e. The molecule has 1 fully saturated rings. The van der Waals surface area contributed by atoms with Crippen LogP contribution >= 0.6 is 11.5 Å². The normalized spacial score (nSPS) is 14.3. The highest BCUT2D eigenvalue weighted by Crippen LogP contribution is 2.35. The second kappa shape index (κ2) is 12.2. The van der Waals surface area contributed by atoms with Crippen LogP contribution in [-0.4, -0.2) is 49.3 Å². The Kier molecular flexibility index (Phi) is 8.70. The Morgan fingerprint density at radius 2 is 1.62 bits per heavy atom. The predicted octanol–water partition coefficient (Wildman–Crippen LogP) is 3.74. The lowest BCUT2D eigenvalue weighted by Gasteiger charge is -2.33. The van der Waals surface area contributed by atoms with E-state index in [4.69, 9.17) is 16.2 Å². The van der Waals surface area contributed by atoms with E-state index in [-0.39, 0.29) is 28.2 Å². The monoisotopic (exact) mass is 550 g/mol. The second-order valence-electron chi connectivity index (χ2n) is 9.74. The van der Waals surface area contributed by atoms with Crippen molar-refractivity contribution in [3.8, 4) is 5.75 Å². The number of aromatic nitrogens is 1. The van der Waals surface area contributed by atoms with E-state index in [1.54, 1.807) is 31.4 Å². The first-order valence-electron chi connectivity index (χ1n) is 12.8. The van der Waals surface area contributed by atoms with Gasteiger partial charge in [-0.05, 0) is 66.3 Å². The van der Waals surface area contributed by atoms with Crippen LogP contribution in [0.2, 0.25) is 0 Å². The molecule has 10 nitrogen and oxygen atoms in total. The highest BCUT2D eigenvalue weighted by atomic mass is 32.1. The Labute approximate surface area is 232 Å². The SMILES string of the molecule is COc1ccc(N(C(=O)c2snc(C(N)=O)c2N)C(C(=O)NC2CCCCC2)c2ccc(N(C)C)cc2)cc1. The zero-order valence-corrected chi connectivity index (χ0v) is 23.2. The fraction of sp³-hybridized carbons (Fsp3) is 0.357. The number of nitrogens with zero attached hydrogens (tertiary/aromatic N) is 3. The summed E-state index contributed by atoms with van der Waals surface area (Å²) in [5.41, 5.74) is 13.3. The van der Waals surface area contributed by atoms with Gasteiger partial charge in [0.25, 0.3) is 11.8 Å². The Bertz CT molecular complexity index is 1320. The van der Waals surface area contributed by atoms with Crippen molar-refractivity contribution in [2.45, 2.75) is 44.2 Å². The molecule has 0 saturated heterocycles. The molecule has 39 heavy (non-hydrogen) atoms. The lowest BCUT2D eigenvalue weighted by Crippen LogP contribution is -2.47.